The van der Waals surface area contributed by atoms with Crippen molar-refractivity contribution >= 4 is 11.6 Å². The fraction of sp³-hybridized carbons (Fsp3) is 0.556. The number of benzene rings is 1. The molecule has 0 amide bonds. The molecule has 1 nitrogen and oxygen atoms in total. The number of hydrogen-bond acceptors (Lipinski definition) is 1. The van der Waals surface area contributed by atoms with E-state index in [2.05, 4.69) is 37.8 Å². The minimum Gasteiger partial charge on any atom is -0.490 e. The first kappa shape index (κ1) is 15.3. The van der Waals surface area contributed by atoms with Crippen LogP contribution in [0.2, 0.25) is 0 Å². The van der Waals surface area contributed by atoms with Crippen LogP contribution in [0.3, 0.4) is 0 Å². The molecule has 1 saturated carbocycles. The van der Waals surface area contributed by atoms with Crippen molar-refractivity contribution in [3.8, 4) is 17.6 Å². The lowest BCUT2D eigenvalue weighted by molar-refractivity contribution is 0.129. The zero-order chi connectivity index (χ0) is 14.4. The van der Waals surface area contributed by atoms with Crippen LogP contribution >= 0.6 is 11.6 Å². The average molecular weight is 291 g/mol. The van der Waals surface area contributed by atoms with Gasteiger partial charge in [-0.2, -0.15) is 0 Å². The van der Waals surface area contributed by atoms with Crippen LogP contribution in [0.15, 0.2) is 18.2 Å². The Morgan fingerprint density at radius 1 is 1.35 bits per heavy atom. The van der Waals surface area contributed by atoms with E-state index in [4.69, 9.17) is 16.3 Å². The third kappa shape index (κ3) is 4.46. The summed E-state index contributed by atoms with van der Waals surface area (Å²) in [4.78, 5) is 0. The van der Waals surface area contributed by atoms with Crippen LogP contribution in [0.5, 0.6) is 5.75 Å². The molecule has 1 aliphatic rings. The fourth-order valence-electron chi connectivity index (χ4n) is 2.73. The van der Waals surface area contributed by atoms with Crippen LogP contribution in [-0.4, -0.2) is 12.0 Å². The minimum atomic E-state index is 0.381. The number of rotatable bonds is 3. The molecule has 2 rings (SSSR count). The predicted octanol–water partition coefficient (Wildman–Crippen LogP) is 4.93. The lowest BCUT2D eigenvalue weighted by Crippen LogP contribution is -2.24. The van der Waals surface area contributed by atoms with Crippen LogP contribution in [-0.2, 0) is 0 Å². The fourth-order valence-corrected chi connectivity index (χ4v) is 2.83. The first-order valence-corrected chi connectivity index (χ1v) is 8.04. The van der Waals surface area contributed by atoms with E-state index in [0.717, 1.165) is 23.7 Å². The van der Waals surface area contributed by atoms with Gasteiger partial charge in [0.2, 0.25) is 0 Å². The second kappa shape index (κ2) is 7.60. The van der Waals surface area contributed by atoms with E-state index >= 15 is 0 Å². The van der Waals surface area contributed by atoms with Crippen LogP contribution in [0.1, 0.15) is 50.2 Å². The van der Waals surface area contributed by atoms with Crippen LogP contribution < -0.4 is 4.74 Å². The highest BCUT2D eigenvalue weighted by Crippen LogP contribution is 2.28. The molecule has 2 heteroatoms. The van der Waals surface area contributed by atoms with E-state index < -0.39 is 0 Å². The van der Waals surface area contributed by atoms with Crippen molar-refractivity contribution < 1.29 is 4.74 Å². The van der Waals surface area contributed by atoms with Crippen molar-refractivity contribution in [3.05, 3.63) is 29.3 Å². The smallest absolute Gasteiger partial charge is 0.120 e. The molecule has 2 unspecified atom stereocenters. The Bertz CT molecular complexity index is 498. The molecule has 0 aromatic heterocycles. The molecule has 1 fully saturated rings. The van der Waals surface area contributed by atoms with Gasteiger partial charge in [-0.3, -0.25) is 0 Å². The molecule has 0 heterocycles. The molecule has 108 valence electrons. The lowest BCUT2D eigenvalue weighted by Gasteiger charge is -2.27. The molecule has 0 spiro atoms. The van der Waals surface area contributed by atoms with Gasteiger partial charge in [-0.25, -0.2) is 0 Å². The summed E-state index contributed by atoms with van der Waals surface area (Å²) in [6, 6.07) is 6.19. The molecular weight excluding hydrogens is 268 g/mol. The lowest BCUT2D eigenvalue weighted by atomic mass is 9.89. The first-order chi connectivity index (χ1) is 9.69. The van der Waals surface area contributed by atoms with Gasteiger partial charge in [0, 0.05) is 17.9 Å². The van der Waals surface area contributed by atoms with E-state index in [-0.39, 0.29) is 0 Å². The molecular formula is C18H23ClO. The Balaban J connectivity index is 2.00. The average Bonchev–Trinajstić information content (AvgIpc) is 2.41. The number of aryl methyl sites for hydroxylation is 1. The van der Waals surface area contributed by atoms with Gasteiger partial charge < -0.3 is 4.74 Å². The van der Waals surface area contributed by atoms with E-state index in [1.54, 1.807) is 0 Å². The zero-order valence-electron chi connectivity index (χ0n) is 12.4. The summed E-state index contributed by atoms with van der Waals surface area (Å²) in [6.45, 7) is 4.40. The minimum absolute atomic E-state index is 0.381. The van der Waals surface area contributed by atoms with Crippen molar-refractivity contribution in [3.63, 3.8) is 0 Å². The van der Waals surface area contributed by atoms with Crippen molar-refractivity contribution in [2.45, 2.75) is 52.1 Å². The maximum atomic E-state index is 6.12. The standard InChI is InChI=1S/C18H23ClO/c1-14-6-5-8-17(12-14)20-18-10-9-16(15(2)13-18)7-3-4-11-19/h9-10,13-14,17H,4-6,8,11-12H2,1-2H3. The summed E-state index contributed by atoms with van der Waals surface area (Å²) in [7, 11) is 0. The highest BCUT2D eigenvalue weighted by Gasteiger charge is 2.20. The maximum Gasteiger partial charge on any atom is 0.120 e. The Hall–Kier alpha value is -1.13. The van der Waals surface area contributed by atoms with Gasteiger partial charge in [-0.1, -0.05) is 25.2 Å². The Labute approximate surface area is 127 Å². The third-order valence-corrected chi connectivity index (χ3v) is 4.02. The molecule has 0 aliphatic heterocycles. The molecule has 1 aromatic rings. The molecule has 0 radical (unpaired) electrons. The summed E-state index contributed by atoms with van der Waals surface area (Å²) >= 11 is 5.63. The van der Waals surface area contributed by atoms with Gasteiger partial charge in [0.15, 0.2) is 0 Å². The highest BCUT2D eigenvalue weighted by atomic mass is 35.5. The molecule has 1 aliphatic carbocycles. The summed E-state index contributed by atoms with van der Waals surface area (Å²) in [5.41, 5.74) is 2.24. The summed E-state index contributed by atoms with van der Waals surface area (Å²) in [5.74, 6) is 8.59. The van der Waals surface area contributed by atoms with Crippen molar-refractivity contribution in [1.82, 2.24) is 0 Å². The van der Waals surface area contributed by atoms with Crippen LogP contribution in [0, 0.1) is 24.7 Å². The van der Waals surface area contributed by atoms with Gasteiger partial charge in [-0.05, 0) is 55.9 Å². The molecule has 0 N–H and O–H groups in total. The van der Waals surface area contributed by atoms with E-state index in [0.29, 0.717) is 12.0 Å². The van der Waals surface area contributed by atoms with Crippen LogP contribution in [0.4, 0.5) is 0 Å². The van der Waals surface area contributed by atoms with E-state index in [1.165, 1.54) is 31.2 Å². The van der Waals surface area contributed by atoms with Gasteiger partial charge in [-0.15, -0.1) is 11.6 Å². The van der Waals surface area contributed by atoms with Gasteiger partial charge in [0.1, 0.15) is 5.75 Å². The number of hydrogen-bond donors (Lipinski definition) is 0. The molecule has 0 bridgehead atoms. The number of alkyl halides is 1. The molecule has 1 aromatic carbocycles. The normalized spacial score (nSPS) is 21.9. The Kier molecular flexibility index (Phi) is 5.80. The zero-order valence-corrected chi connectivity index (χ0v) is 13.2. The van der Waals surface area contributed by atoms with Crippen molar-refractivity contribution in [2.24, 2.45) is 5.92 Å². The summed E-state index contributed by atoms with van der Waals surface area (Å²) in [5, 5.41) is 0. The van der Waals surface area contributed by atoms with E-state index in [9.17, 15) is 0 Å². The highest BCUT2D eigenvalue weighted by molar-refractivity contribution is 6.18. The monoisotopic (exact) mass is 290 g/mol. The molecule has 20 heavy (non-hydrogen) atoms. The van der Waals surface area contributed by atoms with Crippen LogP contribution in [0.25, 0.3) is 0 Å². The topological polar surface area (TPSA) is 9.23 Å². The SMILES string of the molecule is Cc1cc(OC2CCCC(C)C2)ccc1C#CCCCl. The van der Waals surface area contributed by atoms with Gasteiger partial charge >= 0.3 is 0 Å². The van der Waals surface area contributed by atoms with Gasteiger partial charge in [0.05, 0.1) is 6.10 Å². The first-order valence-electron chi connectivity index (χ1n) is 7.51. The Morgan fingerprint density at radius 3 is 2.90 bits per heavy atom. The largest absolute Gasteiger partial charge is 0.490 e. The quantitative estimate of drug-likeness (QED) is 0.566. The summed E-state index contributed by atoms with van der Waals surface area (Å²) in [6.07, 6.45) is 6.10. The second-order valence-electron chi connectivity index (χ2n) is 5.73. The number of ether oxygens (including phenoxy) is 1. The van der Waals surface area contributed by atoms with Crippen molar-refractivity contribution in [2.75, 3.05) is 5.88 Å². The number of halogens is 1. The second-order valence-corrected chi connectivity index (χ2v) is 6.11. The summed E-state index contributed by atoms with van der Waals surface area (Å²) < 4.78 is 6.12. The molecule has 2 atom stereocenters. The molecule has 0 saturated heterocycles. The Morgan fingerprint density at radius 2 is 2.20 bits per heavy atom. The van der Waals surface area contributed by atoms with Crippen molar-refractivity contribution in [1.29, 1.82) is 0 Å². The van der Waals surface area contributed by atoms with E-state index in [1.807, 2.05) is 6.07 Å². The van der Waals surface area contributed by atoms with Gasteiger partial charge in [0.25, 0.3) is 0 Å². The maximum absolute atomic E-state index is 6.12. The third-order valence-electron chi connectivity index (χ3n) is 3.83. The predicted molar refractivity (Wildman–Crippen MR) is 85.4 cm³/mol.